The molecule has 0 amide bonds. The fourth-order valence-electron chi connectivity index (χ4n) is 1.73. The molecule has 0 fully saturated rings. The maximum absolute atomic E-state index is 6.02. The number of halogens is 1. The molecule has 0 spiro atoms. The molecule has 102 valence electrons. The number of benzene rings is 1. The Hall–Kier alpha value is -1.33. The number of hydrogen-bond acceptors (Lipinski definition) is 4. The summed E-state index contributed by atoms with van der Waals surface area (Å²) in [4.78, 5) is 0. The fraction of sp³-hybridized carbons (Fsp3) is 0.357. The van der Waals surface area contributed by atoms with Crippen LogP contribution in [0.1, 0.15) is 24.5 Å². The zero-order valence-electron chi connectivity index (χ0n) is 10.8. The fourth-order valence-corrected chi connectivity index (χ4v) is 2.14. The molecule has 0 saturated carbocycles. The Morgan fingerprint density at radius 3 is 3.00 bits per heavy atom. The summed E-state index contributed by atoms with van der Waals surface area (Å²) in [7, 11) is 0. The average Bonchev–Trinajstić information content (AvgIpc) is 2.91. The van der Waals surface area contributed by atoms with Crippen molar-refractivity contribution in [3.05, 3.63) is 46.3 Å². The second-order valence-electron chi connectivity index (χ2n) is 4.45. The summed E-state index contributed by atoms with van der Waals surface area (Å²) in [6.07, 6.45) is 4.97. The van der Waals surface area contributed by atoms with Gasteiger partial charge in [-0.3, -0.25) is 0 Å². The zero-order chi connectivity index (χ0) is 13.7. The van der Waals surface area contributed by atoms with Crippen molar-refractivity contribution in [3.63, 3.8) is 0 Å². The van der Waals surface area contributed by atoms with E-state index in [1.165, 1.54) is 0 Å². The Bertz CT molecular complexity index is 514. The molecule has 19 heavy (non-hydrogen) atoms. The summed E-state index contributed by atoms with van der Waals surface area (Å²) in [6.45, 7) is 2.53. The molecule has 0 saturated heterocycles. The summed E-state index contributed by atoms with van der Waals surface area (Å²) >= 11 is 3.48. The van der Waals surface area contributed by atoms with Gasteiger partial charge in [0.25, 0.3) is 0 Å². The first kappa shape index (κ1) is 14.1. The minimum atomic E-state index is 0.146. The third kappa shape index (κ3) is 4.08. The van der Waals surface area contributed by atoms with Crippen LogP contribution >= 0.6 is 15.9 Å². The monoisotopic (exact) mass is 324 g/mol. The molecule has 0 aliphatic rings. The topological polar surface area (TPSA) is 61.3 Å². The lowest BCUT2D eigenvalue weighted by Crippen LogP contribution is -2.21. The van der Waals surface area contributed by atoms with Crippen molar-refractivity contribution in [3.8, 4) is 5.75 Å². The molecule has 1 unspecified atom stereocenters. The van der Waals surface area contributed by atoms with E-state index in [4.69, 9.17) is 15.0 Å². The Labute approximate surface area is 121 Å². The molecule has 0 radical (unpaired) electrons. The van der Waals surface area contributed by atoms with Gasteiger partial charge in [0.15, 0.2) is 0 Å². The lowest BCUT2D eigenvalue weighted by molar-refractivity contribution is 0.300. The second kappa shape index (κ2) is 6.73. The molecular weight excluding hydrogens is 308 g/mol. The Morgan fingerprint density at radius 2 is 2.32 bits per heavy atom. The highest BCUT2D eigenvalue weighted by atomic mass is 79.9. The van der Waals surface area contributed by atoms with E-state index in [0.717, 1.165) is 34.2 Å². The lowest BCUT2D eigenvalue weighted by atomic mass is 10.0. The van der Waals surface area contributed by atoms with Crippen molar-refractivity contribution in [1.82, 2.24) is 5.16 Å². The van der Waals surface area contributed by atoms with E-state index in [0.29, 0.717) is 6.61 Å². The number of hydrogen-bond donors (Lipinski definition) is 1. The minimum Gasteiger partial charge on any atom is -0.488 e. The first-order valence-corrected chi connectivity index (χ1v) is 7.03. The van der Waals surface area contributed by atoms with Crippen molar-refractivity contribution in [2.24, 2.45) is 5.73 Å². The maximum Gasteiger partial charge on any atom is 0.130 e. The number of nitrogens with zero attached hydrogens (tertiary/aromatic N) is 1. The lowest BCUT2D eigenvalue weighted by Gasteiger charge is -2.14. The van der Waals surface area contributed by atoms with Crippen LogP contribution in [0.15, 0.2) is 39.7 Å². The molecule has 1 aromatic carbocycles. The van der Waals surface area contributed by atoms with Crippen molar-refractivity contribution in [2.75, 3.05) is 0 Å². The van der Waals surface area contributed by atoms with E-state index in [-0.39, 0.29) is 6.04 Å². The summed E-state index contributed by atoms with van der Waals surface area (Å²) in [6, 6.07) is 6.12. The molecule has 1 heterocycles. The second-order valence-corrected chi connectivity index (χ2v) is 5.36. The number of ether oxygens (including phenoxy) is 1. The summed E-state index contributed by atoms with van der Waals surface area (Å²) in [5.74, 6) is 0.855. The zero-order valence-corrected chi connectivity index (χ0v) is 12.4. The van der Waals surface area contributed by atoms with Crippen molar-refractivity contribution in [1.29, 1.82) is 0 Å². The van der Waals surface area contributed by atoms with Crippen LogP contribution in [0.2, 0.25) is 0 Å². The molecule has 0 bridgehead atoms. The highest BCUT2D eigenvalue weighted by Gasteiger charge is 2.09. The highest BCUT2D eigenvalue weighted by molar-refractivity contribution is 9.10. The molecule has 2 N–H and O–H groups in total. The highest BCUT2D eigenvalue weighted by Crippen LogP contribution is 2.25. The normalized spacial score (nSPS) is 12.4. The van der Waals surface area contributed by atoms with Gasteiger partial charge in [0.05, 0.1) is 6.20 Å². The molecule has 0 aliphatic carbocycles. The van der Waals surface area contributed by atoms with Crippen LogP contribution in [0.25, 0.3) is 0 Å². The van der Waals surface area contributed by atoms with Crippen LogP contribution in [-0.4, -0.2) is 11.2 Å². The van der Waals surface area contributed by atoms with Gasteiger partial charge < -0.3 is 15.0 Å². The number of aromatic nitrogens is 1. The van der Waals surface area contributed by atoms with Crippen LogP contribution in [-0.2, 0) is 13.0 Å². The smallest absolute Gasteiger partial charge is 0.130 e. The van der Waals surface area contributed by atoms with Gasteiger partial charge in [0.2, 0.25) is 0 Å². The minimum absolute atomic E-state index is 0.146. The Kier molecular flexibility index (Phi) is 4.99. The van der Waals surface area contributed by atoms with Crippen LogP contribution in [0.4, 0.5) is 0 Å². The van der Waals surface area contributed by atoms with E-state index in [1.54, 1.807) is 12.5 Å². The summed E-state index contributed by atoms with van der Waals surface area (Å²) < 4.78 is 11.6. The predicted molar refractivity (Wildman–Crippen MR) is 76.9 cm³/mol. The molecule has 5 heteroatoms. The van der Waals surface area contributed by atoms with Crippen molar-refractivity contribution in [2.45, 2.75) is 32.4 Å². The van der Waals surface area contributed by atoms with E-state index in [1.807, 2.05) is 12.1 Å². The summed E-state index contributed by atoms with van der Waals surface area (Å²) in [5, 5.41) is 3.65. The van der Waals surface area contributed by atoms with E-state index in [9.17, 15) is 0 Å². The van der Waals surface area contributed by atoms with Gasteiger partial charge in [-0.05, 0) is 36.6 Å². The third-order valence-corrected chi connectivity index (χ3v) is 3.40. The first-order valence-electron chi connectivity index (χ1n) is 6.24. The van der Waals surface area contributed by atoms with Gasteiger partial charge >= 0.3 is 0 Å². The number of nitrogens with two attached hydrogens (primary N) is 1. The van der Waals surface area contributed by atoms with E-state index < -0.39 is 0 Å². The molecule has 2 rings (SSSR count). The van der Waals surface area contributed by atoms with Crippen molar-refractivity contribution < 1.29 is 9.26 Å². The van der Waals surface area contributed by atoms with Gasteiger partial charge in [-0.25, -0.2) is 0 Å². The predicted octanol–water partition coefficient (Wildman–Crippen LogP) is 3.30. The Balaban J connectivity index is 2.09. The molecule has 2 aromatic rings. The van der Waals surface area contributed by atoms with Gasteiger partial charge in [0, 0.05) is 16.1 Å². The molecule has 1 aromatic heterocycles. The van der Waals surface area contributed by atoms with Gasteiger partial charge in [-0.1, -0.05) is 28.0 Å². The van der Waals surface area contributed by atoms with Gasteiger partial charge in [0.1, 0.15) is 18.6 Å². The van der Waals surface area contributed by atoms with Gasteiger partial charge in [-0.2, -0.15) is 0 Å². The summed E-state index contributed by atoms with van der Waals surface area (Å²) in [5.41, 5.74) is 8.04. The Morgan fingerprint density at radius 1 is 1.47 bits per heavy atom. The van der Waals surface area contributed by atoms with E-state index >= 15 is 0 Å². The van der Waals surface area contributed by atoms with Crippen LogP contribution in [0, 0.1) is 0 Å². The standard InChI is InChI=1S/C14H17BrN2O2/c1-2-13(16)6-11-5-12(15)3-4-14(11)18-8-10-7-17-19-9-10/h3-5,7,9,13H,2,6,8,16H2,1H3. The van der Waals surface area contributed by atoms with Crippen LogP contribution < -0.4 is 10.5 Å². The molecule has 4 nitrogen and oxygen atoms in total. The quantitative estimate of drug-likeness (QED) is 0.885. The number of rotatable bonds is 6. The van der Waals surface area contributed by atoms with Gasteiger partial charge in [-0.15, -0.1) is 0 Å². The maximum atomic E-state index is 6.02. The molecular formula is C14H17BrN2O2. The van der Waals surface area contributed by atoms with Crippen LogP contribution in [0.3, 0.4) is 0 Å². The average molecular weight is 325 g/mol. The SMILES string of the molecule is CCC(N)Cc1cc(Br)ccc1OCc1cnoc1. The van der Waals surface area contributed by atoms with Crippen molar-refractivity contribution >= 4 is 15.9 Å². The largest absolute Gasteiger partial charge is 0.488 e. The molecule has 0 aliphatic heterocycles. The van der Waals surface area contributed by atoms with Crippen LogP contribution in [0.5, 0.6) is 5.75 Å². The first-order chi connectivity index (χ1) is 9.19. The van der Waals surface area contributed by atoms with E-state index in [2.05, 4.69) is 34.1 Å². The molecule has 1 atom stereocenters. The third-order valence-electron chi connectivity index (χ3n) is 2.91.